The Morgan fingerprint density at radius 2 is 1.75 bits per heavy atom. The molecule has 5 heteroatoms. The van der Waals surface area contributed by atoms with Gasteiger partial charge in [0.25, 0.3) is 0 Å². The number of likely N-dealkylation sites (N-methyl/N-ethyl adjacent to an activating group) is 1. The van der Waals surface area contributed by atoms with E-state index in [1.807, 2.05) is 0 Å². The van der Waals surface area contributed by atoms with Gasteiger partial charge in [-0.3, -0.25) is 14.5 Å². The number of likely N-dealkylation sites (tertiary alicyclic amines) is 1. The zero-order valence-corrected chi connectivity index (χ0v) is 10.0. The minimum absolute atomic E-state index is 0.175. The van der Waals surface area contributed by atoms with E-state index in [1.54, 1.807) is 18.2 Å². The van der Waals surface area contributed by atoms with Gasteiger partial charge in [-0.2, -0.15) is 0 Å². The molecule has 1 fully saturated rings. The SMILES string of the molecule is CN1C(=O)CC(c2cc(Cl)cc(Cl)c2)C1=O. The zero-order chi connectivity index (χ0) is 11.9. The highest BCUT2D eigenvalue weighted by Gasteiger charge is 2.37. The van der Waals surface area contributed by atoms with E-state index in [1.165, 1.54) is 7.05 Å². The van der Waals surface area contributed by atoms with Gasteiger partial charge >= 0.3 is 0 Å². The van der Waals surface area contributed by atoms with Crippen LogP contribution in [-0.2, 0) is 9.59 Å². The van der Waals surface area contributed by atoms with Gasteiger partial charge in [-0.05, 0) is 23.8 Å². The standard InChI is InChI=1S/C11H9Cl2NO2/c1-14-10(15)5-9(11(14)16)6-2-7(12)4-8(13)3-6/h2-4,9H,5H2,1H3. The number of imide groups is 1. The van der Waals surface area contributed by atoms with E-state index in [-0.39, 0.29) is 18.2 Å². The number of hydrogen-bond acceptors (Lipinski definition) is 2. The van der Waals surface area contributed by atoms with Crippen molar-refractivity contribution < 1.29 is 9.59 Å². The summed E-state index contributed by atoms with van der Waals surface area (Å²) in [5, 5.41) is 0.939. The summed E-state index contributed by atoms with van der Waals surface area (Å²) in [6, 6.07) is 4.93. The van der Waals surface area contributed by atoms with Crippen molar-refractivity contribution >= 4 is 35.0 Å². The summed E-state index contributed by atoms with van der Waals surface area (Å²) >= 11 is 11.7. The molecule has 1 atom stereocenters. The Morgan fingerprint density at radius 1 is 1.19 bits per heavy atom. The number of amides is 2. The first-order valence-electron chi connectivity index (χ1n) is 4.75. The molecular formula is C11H9Cl2NO2. The number of nitrogens with zero attached hydrogens (tertiary/aromatic N) is 1. The second-order valence-corrected chi connectivity index (χ2v) is 4.62. The molecule has 1 unspecified atom stereocenters. The number of carbonyl (C=O) groups is 2. The molecule has 0 radical (unpaired) electrons. The van der Waals surface area contributed by atoms with Crippen LogP contribution in [0.1, 0.15) is 17.9 Å². The number of rotatable bonds is 1. The van der Waals surface area contributed by atoms with Crippen molar-refractivity contribution in [3.05, 3.63) is 33.8 Å². The fourth-order valence-corrected chi connectivity index (χ4v) is 2.34. The fourth-order valence-electron chi connectivity index (χ4n) is 1.79. The van der Waals surface area contributed by atoms with E-state index in [9.17, 15) is 9.59 Å². The number of hydrogen-bond donors (Lipinski definition) is 0. The zero-order valence-electron chi connectivity index (χ0n) is 8.54. The second kappa shape index (κ2) is 4.07. The van der Waals surface area contributed by atoms with E-state index in [4.69, 9.17) is 23.2 Å². The van der Waals surface area contributed by atoms with Crippen molar-refractivity contribution in [1.29, 1.82) is 0 Å². The van der Waals surface area contributed by atoms with Crippen LogP contribution in [-0.4, -0.2) is 23.8 Å². The van der Waals surface area contributed by atoms with Gasteiger partial charge in [0, 0.05) is 23.5 Å². The number of benzene rings is 1. The van der Waals surface area contributed by atoms with E-state index in [2.05, 4.69) is 0 Å². The minimum Gasteiger partial charge on any atom is -0.285 e. The van der Waals surface area contributed by atoms with Gasteiger partial charge in [0.1, 0.15) is 0 Å². The fraction of sp³-hybridized carbons (Fsp3) is 0.273. The average molecular weight is 258 g/mol. The molecule has 1 saturated heterocycles. The van der Waals surface area contributed by atoms with Crippen LogP contribution < -0.4 is 0 Å². The maximum Gasteiger partial charge on any atom is 0.236 e. The van der Waals surface area contributed by atoms with E-state index in [0.717, 1.165) is 4.90 Å². The van der Waals surface area contributed by atoms with Crippen LogP contribution in [0.4, 0.5) is 0 Å². The predicted octanol–water partition coefficient (Wildman–Crippen LogP) is 2.47. The quantitative estimate of drug-likeness (QED) is 0.725. The lowest BCUT2D eigenvalue weighted by atomic mass is 9.98. The molecule has 2 amide bonds. The molecule has 1 aliphatic heterocycles. The monoisotopic (exact) mass is 257 g/mol. The third kappa shape index (κ3) is 1.93. The summed E-state index contributed by atoms with van der Waals surface area (Å²) < 4.78 is 0. The van der Waals surface area contributed by atoms with Crippen molar-refractivity contribution in [1.82, 2.24) is 4.90 Å². The molecule has 0 aromatic heterocycles. The topological polar surface area (TPSA) is 37.4 Å². The number of halogens is 2. The van der Waals surface area contributed by atoms with E-state index < -0.39 is 5.92 Å². The lowest BCUT2D eigenvalue weighted by Gasteiger charge is -2.09. The lowest BCUT2D eigenvalue weighted by molar-refractivity contribution is -0.137. The Bertz CT molecular complexity index is 453. The number of carbonyl (C=O) groups excluding carboxylic acids is 2. The Kier molecular flexibility index (Phi) is 2.91. The second-order valence-electron chi connectivity index (χ2n) is 3.75. The molecule has 2 rings (SSSR count). The van der Waals surface area contributed by atoms with Crippen LogP contribution in [0.3, 0.4) is 0 Å². The molecule has 84 valence electrons. The van der Waals surface area contributed by atoms with Gasteiger partial charge in [-0.25, -0.2) is 0 Å². The molecule has 0 bridgehead atoms. The summed E-state index contributed by atoms with van der Waals surface area (Å²) in [6.07, 6.45) is 0.187. The first-order chi connectivity index (χ1) is 7.49. The molecule has 1 aromatic rings. The summed E-state index contributed by atoms with van der Waals surface area (Å²) in [5.74, 6) is -0.830. The molecule has 16 heavy (non-hydrogen) atoms. The van der Waals surface area contributed by atoms with Crippen LogP contribution in [0, 0.1) is 0 Å². The Balaban J connectivity index is 2.38. The molecule has 1 aromatic carbocycles. The first-order valence-corrected chi connectivity index (χ1v) is 5.51. The van der Waals surface area contributed by atoms with Crippen molar-refractivity contribution in [3.8, 4) is 0 Å². The Hall–Kier alpha value is -1.06. The summed E-state index contributed by atoms with van der Waals surface area (Å²) in [6.45, 7) is 0. The lowest BCUT2D eigenvalue weighted by Crippen LogP contribution is -2.25. The van der Waals surface area contributed by atoms with Gasteiger partial charge in [0.15, 0.2) is 0 Å². The molecule has 3 nitrogen and oxygen atoms in total. The van der Waals surface area contributed by atoms with Gasteiger partial charge < -0.3 is 0 Å². The Morgan fingerprint density at radius 3 is 2.19 bits per heavy atom. The van der Waals surface area contributed by atoms with Crippen molar-refractivity contribution in [2.24, 2.45) is 0 Å². The van der Waals surface area contributed by atoms with Gasteiger partial charge in [-0.15, -0.1) is 0 Å². The van der Waals surface area contributed by atoms with Gasteiger partial charge in [0.05, 0.1) is 5.92 Å². The van der Waals surface area contributed by atoms with E-state index >= 15 is 0 Å². The molecule has 0 spiro atoms. The summed E-state index contributed by atoms with van der Waals surface area (Å²) in [5.41, 5.74) is 0.695. The Labute approximate surface area is 103 Å². The molecule has 1 heterocycles. The third-order valence-electron chi connectivity index (χ3n) is 2.67. The molecule has 0 saturated carbocycles. The van der Waals surface area contributed by atoms with Crippen molar-refractivity contribution in [2.45, 2.75) is 12.3 Å². The highest BCUT2D eigenvalue weighted by molar-refractivity contribution is 6.34. The van der Waals surface area contributed by atoms with Crippen LogP contribution >= 0.6 is 23.2 Å². The minimum atomic E-state index is -0.450. The highest BCUT2D eigenvalue weighted by atomic mass is 35.5. The van der Waals surface area contributed by atoms with Crippen molar-refractivity contribution in [2.75, 3.05) is 7.05 Å². The molecule has 0 N–H and O–H groups in total. The normalized spacial score (nSPS) is 20.7. The smallest absolute Gasteiger partial charge is 0.236 e. The maximum atomic E-state index is 11.8. The summed E-state index contributed by atoms with van der Waals surface area (Å²) in [4.78, 5) is 24.3. The van der Waals surface area contributed by atoms with E-state index in [0.29, 0.717) is 15.6 Å². The molecular weight excluding hydrogens is 249 g/mol. The predicted molar refractivity (Wildman–Crippen MR) is 61.6 cm³/mol. The molecule has 1 aliphatic rings. The maximum absolute atomic E-state index is 11.8. The summed E-state index contributed by atoms with van der Waals surface area (Å²) in [7, 11) is 1.48. The molecule has 0 aliphatic carbocycles. The third-order valence-corrected chi connectivity index (χ3v) is 3.11. The van der Waals surface area contributed by atoms with Gasteiger partial charge in [0.2, 0.25) is 11.8 Å². The van der Waals surface area contributed by atoms with Crippen LogP contribution in [0.5, 0.6) is 0 Å². The average Bonchev–Trinajstić information content (AvgIpc) is 2.44. The van der Waals surface area contributed by atoms with Crippen LogP contribution in [0.2, 0.25) is 10.0 Å². The van der Waals surface area contributed by atoms with Crippen LogP contribution in [0.25, 0.3) is 0 Å². The van der Waals surface area contributed by atoms with Crippen LogP contribution in [0.15, 0.2) is 18.2 Å². The van der Waals surface area contributed by atoms with Gasteiger partial charge in [-0.1, -0.05) is 23.2 Å². The highest BCUT2D eigenvalue weighted by Crippen LogP contribution is 2.32. The first kappa shape index (κ1) is 11.4. The largest absolute Gasteiger partial charge is 0.285 e. The van der Waals surface area contributed by atoms with Crippen molar-refractivity contribution in [3.63, 3.8) is 0 Å².